The quantitative estimate of drug-likeness (QED) is 0.715. The van der Waals surface area contributed by atoms with E-state index in [1.807, 2.05) is 0 Å². The zero-order chi connectivity index (χ0) is 21.9. The van der Waals surface area contributed by atoms with Crippen molar-refractivity contribution in [2.24, 2.45) is 0 Å². The highest BCUT2D eigenvalue weighted by molar-refractivity contribution is 7.89. The molecule has 158 valence electrons. The lowest BCUT2D eigenvalue weighted by atomic mass is 10.1. The largest absolute Gasteiger partial charge is 0.496 e. The average molecular weight is 437 g/mol. The Morgan fingerprint density at radius 3 is 2.53 bits per heavy atom. The van der Waals surface area contributed by atoms with Crippen LogP contribution in [0.3, 0.4) is 0 Å². The molecular weight excluding hydrogens is 420 g/mol. The molecule has 1 atom stereocenters. The Morgan fingerprint density at radius 1 is 1.27 bits per heavy atom. The monoisotopic (exact) mass is 437 g/mol. The van der Waals surface area contributed by atoms with Crippen molar-refractivity contribution in [3.63, 3.8) is 0 Å². The van der Waals surface area contributed by atoms with Crippen molar-refractivity contribution in [3.8, 4) is 11.8 Å². The fourth-order valence-electron chi connectivity index (χ4n) is 2.88. The topological polar surface area (TPSA) is 118 Å². The average Bonchev–Trinajstić information content (AvgIpc) is 3.22. The fourth-order valence-corrected chi connectivity index (χ4v) is 4.17. The molecule has 1 aliphatic heterocycles. The molecule has 1 unspecified atom stereocenters. The first-order valence-corrected chi connectivity index (χ1v) is 10.2. The van der Waals surface area contributed by atoms with Gasteiger partial charge in [0.15, 0.2) is 11.6 Å². The van der Waals surface area contributed by atoms with Crippen LogP contribution in [0.25, 0.3) is 0 Å². The predicted molar refractivity (Wildman–Crippen MR) is 102 cm³/mol. The van der Waals surface area contributed by atoms with Gasteiger partial charge in [0.25, 0.3) is 5.91 Å². The number of ether oxygens (including phenoxy) is 2. The number of hydrogen-bond acceptors (Lipinski definition) is 6. The number of methoxy groups -OCH3 is 1. The first-order chi connectivity index (χ1) is 14.2. The SMILES string of the molecule is COc1ccc(S(=O)(=O)NC2CCOC2)cc1C(=O)Nc1c(F)cc(C#N)cc1F. The van der Waals surface area contributed by atoms with Crippen molar-refractivity contribution in [3.05, 3.63) is 53.1 Å². The summed E-state index contributed by atoms with van der Waals surface area (Å²) in [6.45, 7) is 0.672. The van der Waals surface area contributed by atoms with Crippen LogP contribution in [-0.2, 0) is 14.8 Å². The molecule has 1 aliphatic rings. The van der Waals surface area contributed by atoms with Crippen LogP contribution in [0.15, 0.2) is 35.2 Å². The molecule has 30 heavy (non-hydrogen) atoms. The fraction of sp³-hybridized carbons (Fsp3) is 0.263. The number of anilines is 1. The van der Waals surface area contributed by atoms with E-state index < -0.39 is 39.3 Å². The van der Waals surface area contributed by atoms with Gasteiger partial charge in [0.05, 0.1) is 35.8 Å². The second-order valence-electron chi connectivity index (χ2n) is 6.42. The summed E-state index contributed by atoms with van der Waals surface area (Å²) in [6.07, 6.45) is 0.514. The Labute approximate surface area is 171 Å². The number of rotatable bonds is 6. The number of sulfonamides is 1. The van der Waals surface area contributed by atoms with Crippen LogP contribution < -0.4 is 14.8 Å². The van der Waals surface area contributed by atoms with Crippen molar-refractivity contribution in [2.45, 2.75) is 17.4 Å². The van der Waals surface area contributed by atoms with Crippen molar-refractivity contribution < 1.29 is 31.5 Å². The van der Waals surface area contributed by atoms with E-state index in [-0.39, 0.29) is 28.4 Å². The molecule has 1 saturated heterocycles. The number of benzene rings is 2. The third-order valence-corrected chi connectivity index (χ3v) is 5.91. The molecule has 0 saturated carbocycles. The Balaban J connectivity index is 1.92. The van der Waals surface area contributed by atoms with Crippen LogP contribution in [-0.4, -0.2) is 40.7 Å². The summed E-state index contributed by atoms with van der Waals surface area (Å²) in [5.74, 6) is -3.28. The Kier molecular flexibility index (Phi) is 6.31. The Morgan fingerprint density at radius 2 is 1.97 bits per heavy atom. The molecule has 1 amide bonds. The third kappa shape index (κ3) is 4.56. The van der Waals surface area contributed by atoms with E-state index in [2.05, 4.69) is 10.0 Å². The van der Waals surface area contributed by atoms with Crippen molar-refractivity contribution >= 4 is 21.6 Å². The van der Waals surface area contributed by atoms with E-state index in [4.69, 9.17) is 14.7 Å². The van der Waals surface area contributed by atoms with Crippen LogP contribution in [0.4, 0.5) is 14.5 Å². The molecule has 3 rings (SSSR count). The van der Waals surface area contributed by atoms with Gasteiger partial charge in [-0.05, 0) is 36.8 Å². The molecule has 0 aromatic heterocycles. The van der Waals surface area contributed by atoms with Crippen LogP contribution >= 0.6 is 0 Å². The Bertz CT molecular complexity index is 1100. The molecule has 2 N–H and O–H groups in total. The minimum Gasteiger partial charge on any atom is -0.496 e. The molecule has 0 spiro atoms. The summed E-state index contributed by atoms with van der Waals surface area (Å²) in [5, 5.41) is 10.8. The highest BCUT2D eigenvalue weighted by Gasteiger charge is 2.26. The number of halogens is 2. The van der Waals surface area contributed by atoms with E-state index in [0.717, 1.165) is 18.2 Å². The van der Waals surface area contributed by atoms with Crippen LogP contribution in [0.5, 0.6) is 5.75 Å². The molecule has 0 bridgehead atoms. The van der Waals surface area contributed by atoms with E-state index >= 15 is 0 Å². The smallest absolute Gasteiger partial charge is 0.259 e. The summed E-state index contributed by atoms with van der Waals surface area (Å²) in [7, 11) is -2.71. The second-order valence-corrected chi connectivity index (χ2v) is 8.14. The standard InChI is InChI=1S/C19H17F2N3O5S/c1-28-17-3-2-13(30(26,27)24-12-4-5-29-10-12)8-14(17)19(25)23-18-15(20)6-11(9-22)7-16(18)21/h2-3,6-8,12,24H,4-5,10H2,1H3,(H,23,25). The maximum absolute atomic E-state index is 14.1. The summed E-state index contributed by atoms with van der Waals surface area (Å²) in [5.41, 5.74) is -1.27. The summed E-state index contributed by atoms with van der Waals surface area (Å²) in [4.78, 5) is 12.4. The number of nitrogens with one attached hydrogen (secondary N) is 2. The predicted octanol–water partition coefficient (Wildman–Crippen LogP) is 2.16. The number of carbonyl (C=O) groups excluding carboxylic acids is 1. The molecule has 2 aromatic rings. The van der Waals surface area contributed by atoms with Crippen LogP contribution in [0, 0.1) is 23.0 Å². The number of nitriles is 1. The van der Waals surface area contributed by atoms with Gasteiger partial charge in [-0.25, -0.2) is 21.9 Å². The van der Waals surface area contributed by atoms with Gasteiger partial charge >= 0.3 is 0 Å². The van der Waals surface area contributed by atoms with Crippen LogP contribution in [0.1, 0.15) is 22.3 Å². The van der Waals surface area contributed by atoms with Gasteiger partial charge in [0, 0.05) is 12.6 Å². The van der Waals surface area contributed by atoms with Crippen LogP contribution in [0.2, 0.25) is 0 Å². The number of nitrogens with zero attached hydrogens (tertiary/aromatic N) is 1. The van der Waals surface area contributed by atoms with Crippen molar-refractivity contribution in [1.29, 1.82) is 5.26 Å². The molecule has 11 heteroatoms. The van der Waals surface area contributed by atoms with Gasteiger partial charge in [0.1, 0.15) is 11.4 Å². The zero-order valence-electron chi connectivity index (χ0n) is 15.7. The first kappa shape index (κ1) is 21.6. The summed E-state index contributed by atoms with van der Waals surface area (Å²) >= 11 is 0. The van der Waals surface area contributed by atoms with Crippen molar-refractivity contribution in [1.82, 2.24) is 4.72 Å². The third-order valence-electron chi connectivity index (χ3n) is 4.39. The summed E-state index contributed by atoms with van der Waals surface area (Å²) < 4.78 is 66.1. The highest BCUT2D eigenvalue weighted by Crippen LogP contribution is 2.26. The first-order valence-electron chi connectivity index (χ1n) is 8.73. The second kappa shape index (κ2) is 8.74. The van der Waals surface area contributed by atoms with Gasteiger partial charge in [-0.15, -0.1) is 0 Å². The lowest BCUT2D eigenvalue weighted by Crippen LogP contribution is -2.35. The Hall–Kier alpha value is -3.07. The maximum Gasteiger partial charge on any atom is 0.259 e. The van der Waals surface area contributed by atoms with E-state index in [9.17, 15) is 22.0 Å². The van der Waals surface area contributed by atoms with Gasteiger partial charge in [-0.1, -0.05) is 0 Å². The number of amides is 1. The van der Waals surface area contributed by atoms with Gasteiger partial charge < -0.3 is 14.8 Å². The normalized spacial score (nSPS) is 16.1. The molecule has 1 fully saturated rings. The lowest BCUT2D eigenvalue weighted by Gasteiger charge is -2.14. The number of carbonyl (C=O) groups is 1. The molecule has 1 heterocycles. The van der Waals surface area contributed by atoms with E-state index in [1.165, 1.54) is 19.2 Å². The summed E-state index contributed by atoms with van der Waals surface area (Å²) in [6, 6.07) is 6.30. The van der Waals surface area contributed by atoms with Gasteiger partial charge in [0.2, 0.25) is 10.0 Å². The maximum atomic E-state index is 14.1. The van der Waals surface area contributed by atoms with E-state index in [1.54, 1.807) is 6.07 Å². The molecule has 2 aromatic carbocycles. The van der Waals surface area contributed by atoms with Crippen molar-refractivity contribution in [2.75, 3.05) is 25.6 Å². The highest BCUT2D eigenvalue weighted by atomic mass is 32.2. The molecule has 8 nitrogen and oxygen atoms in total. The molecule has 0 radical (unpaired) electrons. The minimum atomic E-state index is -3.97. The lowest BCUT2D eigenvalue weighted by molar-refractivity contribution is 0.102. The van der Waals surface area contributed by atoms with Gasteiger partial charge in [-0.3, -0.25) is 4.79 Å². The molecular formula is C19H17F2N3O5S. The molecule has 0 aliphatic carbocycles. The minimum absolute atomic E-state index is 0.00473. The van der Waals surface area contributed by atoms with Gasteiger partial charge in [-0.2, -0.15) is 5.26 Å². The zero-order valence-corrected chi connectivity index (χ0v) is 16.6. The number of hydrogen-bond donors (Lipinski definition) is 2. The van der Waals surface area contributed by atoms with E-state index in [0.29, 0.717) is 13.0 Å².